The fourth-order valence-electron chi connectivity index (χ4n) is 3.20. The number of nitrogens with one attached hydrogen (secondary N) is 1. The summed E-state index contributed by atoms with van der Waals surface area (Å²) >= 11 is 0. The molecule has 6 heteroatoms. The van der Waals surface area contributed by atoms with E-state index in [0.29, 0.717) is 30.0 Å². The molecule has 0 unspecified atom stereocenters. The molecule has 0 saturated heterocycles. The number of hydrogen-bond donors (Lipinski definition) is 1. The molecule has 3 rings (SSSR count). The molecule has 0 bridgehead atoms. The van der Waals surface area contributed by atoms with Crippen molar-refractivity contribution < 1.29 is 4.79 Å². The molecule has 6 nitrogen and oxygen atoms in total. The molecule has 0 atom stereocenters. The van der Waals surface area contributed by atoms with Crippen molar-refractivity contribution >= 4 is 5.91 Å². The standard InChI is InChI=1S/C24H24N4O2/c1-4-15-28(16-19-7-5-17(2)6-8-19)22(29)10-9-21-18(3)26-23(27-24(21)30)20-11-13-25-14-12-20/h1,5-8,11-14H,9-10,15-16H2,2-3H3,(H,26,27,30). The van der Waals surface area contributed by atoms with E-state index in [4.69, 9.17) is 6.42 Å². The molecular weight excluding hydrogens is 376 g/mol. The zero-order valence-electron chi connectivity index (χ0n) is 17.2. The Labute approximate surface area is 176 Å². The van der Waals surface area contributed by atoms with E-state index in [2.05, 4.69) is 20.9 Å². The molecule has 2 heterocycles. The second-order valence-corrected chi connectivity index (χ2v) is 7.15. The molecule has 0 saturated carbocycles. The Balaban J connectivity index is 1.71. The Hall–Kier alpha value is -3.72. The van der Waals surface area contributed by atoms with Crippen molar-refractivity contribution in [1.29, 1.82) is 0 Å². The first-order chi connectivity index (χ1) is 14.5. The lowest BCUT2D eigenvalue weighted by atomic mass is 10.1. The fourth-order valence-corrected chi connectivity index (χ4v) is 3.20. The molecule has 30 heavy (non-hydrogen) atoms. The normalized spacial score (nSPS) is 10.4. The minimum Gasteiger partial charge on any atom is -0.327 e. The largest absolute Gasteiger partial charge is 0.327 e. The number of rotatable bonds is 7. The lowest BCUT2D eigenvalue weighted by Crippen LogP contribution is -2.31. The van der Waals surface area contributed by atoms with Crippen LogP contribution in [0.4, 0.5) is 0 Å². The molecule has 0 aliphatic rings. The smallest absolute Gasteiger partial charge is 0.254 e. The van der Waals surface area contributed by atoms with E-state index in [1.165, 1.54) is 0 Å². The molecule has 0 radical (unpaired) electrons. The Morgan fingerprint density at radius 1 is 1.13 bits per heavy atom. The van der Waals surface area contributed by atoms with Gasteiger partial charge in [-0.15, -0.1) is 6.42 Å². The average molecular weight is 400 g/mol. The minimum atomic E-state index is -0.232. The zero-order chi connectivity index (χ0) is 21.5. The van der Waals surface area contributed by atoms with E-state index < -0.39 is 0 Å². The van der Waals surface area contributed by atoms with E-state index in [0.717, 1.165) is 16.7 Å². The highest BCUT2D eigenvalue weighted by atomic mass is 16.2. The molecule has 1 N–H and O–H groups in total. The van der Waals surface area contributed by atoms with Gasteiger partial charge >= 0.3 is 0 Å². The molecule has 152 valence electrons. The summed E-state index contributed by atoms with van der Waals surface area (Å²) in [6.45, 7) is 4.46. The van der Waals surface area contributed by atoms with Gasteiger partial charge in [0.15, 0.2) is 0 Å². The van der Waals surface area contributed by atoms with Gasteiger partial charge in [-0.05, 0) is 38.0 Å². The van der Waals surface area contributed by atoms with Crippen LogP contribution in [0, 0.1) is 26.2 Å². The van der Waals surface area contributed by atoms with Gasteiger partial charge in [0.05, 0.1) is 6.54 Å². The highest BCUT2D eigenvalue weighted by Gasteiger charge is 2.16. The van der Waals surface area contributed by atoms with E-state index >= 15 is 0 Å². The molecule has 0 aliphatic carbocycles. The Bertz CT molecular complexity index is 1110. The van der Waals surface area contributed by atoms with Crippen LogP contribution in [0.5, 0.6) is 0 Å². The number of aromatic amines is 1. The van der Waals surface area contributed by atoms with Crippen LogP contribution in [0.1, 0.15) is 28.8 Å². The summed E-state index contributed by atoms with van der Waals surface area (Å²) in [7, 11) is 0. The third-order valence-electron chi connectivity index (χ3n) is 4.89. The van der Waals surface area contributed by atoms with Crippen molar-refractivity contribution in [2.24, 2.45) is 0 Å². The summed E-state index contributed by atoms with van der Waals surface area (Å²) in [6.07, 6.45) is 9.24. The van der Waals surface area contributed by atoms with Crippen molar-refractivity contribution in [3.63, 3.8) is 0 Å². The summed E-state index contributed by atoms with van der Waals surface area (Å²) < 4.78 is 0. The summed E-state index contributed by atoms with van der Waals surface area (Å²) in [5.41, 5.74) is 3.85. The maximum Gasteiger partial charge on any atom is 0.254 e. The third-order valence-corrected chi connectivity index (χ3v) is 4.89. The molecule has 0 aliphatic heterocycles. The lowest BCUT2D eigenvalue weighted by Gasteiger charge is -2.20. The maximum atomic E-state index is 12.8. The lowest BCUT2D eigenvalue weighted by molar-refractivity contribution is -0.131. The quantitative estimate of drug-likeness (QED) is 0.618. The number of carbonyl (C=O) groups is 1. The monoisotopic (exact) mass is 400 g/mol. The van der Waals surface area contributed by atoms with Gasteiger partial charge in [-0.3, -0.25) is 14.6 Å². The van der Waals surface area contributed by atoms with Crippen molar-refractivity contribution in [3.05, 3.63) is 81.5 Å². The average Bonchev–Trinajstić information content (AvgIpc) is 2.74. The highest BCUT2D eigenvalue weighted by Crippen LogP contribution is 2.14. The van der Waals surface area contributed by atoms with Crippen LogP contribution in [0.15, 0.2) is 53.6 Å². The first-order valence-electron chi connectivity index (χ1n) is 9.75. The van der Waals surface area contributed by atoms with Crippen LogP contribution < -0.4 is 5.56 Å². The number of hydrogen-bond acceptors (Lipinski definition) is 4. The van der Waals surface area contributed by atoms with Crippen molar-refractivity contribution in [2.75, 3.05) is 6.54 Å². The molecule has 1 amide bonds. The number of carbonyl (C=O) groups excluding carboxylic acids is 1. The predicted octanol–water partition coefficient (Wildman–Crippen LogP) is 3.04. The molecule has 3 aromatic rings. The number of pyridine rings is 1. The molecule has 2 aromatic heterocycles. The number of terminal acetylenes is 1. The Morgan fingerprint density at radius 3 is 2.47 bits per heavy atom. The van der Waals surface area contributed by atoms with Gasteiger partial charge in [-0.2, -0.15) is 0 Å². The number of amides is 1. The van der Waals surface area contributed by atoms with E-state index in [1.54, 1.807) is 36.4 Å². The van der Waals surface area contributed by atoms with Gasteiger partial charge in [0.2, 0.25) is 5.91 Å². The number of aryl methyl sites for hydroxylation is 2. The van der Waals surface area contributed by atoms with Crippen LogP contribution in [-0.2, 0) is 17.8 Å². The van der Waals surface area contributed by atoms with E-state index in [9.17, 15) is 9.59 Å². The number of benzene rings is 1. The first kappa shape index (κ1) is 21.0. The number of aromatic nitrogens is 3. The predicted molar refractivity (Wildman–Crippen MR) is 117 cm³/mol. The molecule has 1 aromatic carbocycles. The Kier molecular flexibility index (Phi) is 6.76. The van der Waals surface area contributed by atoms with Crippen LogP contribution in [-0.4, -0.2) is 32.3 Å². The van der Waals surface area contributed by atoms with Gasteiger partial charge in [-0.25, -0.2) is 4.98 Å². The van der Waals surface area contributed by atoms with Gasteiger partial charge in [-0.1, -0.05) is 35.7 Å². The first-order valence-corrected chi connectivity index (χ1v) is 9.75. The summed E-state index contributed by atoms with van der Waals surface area (Å²) in [5, 5.41) is 0. The molecular formula is C24H24N4O2. The summed E-state index contributed by atoms with van der Waals surface area (Å²) in [5.74, 6) is 2.94. The van der Waals surface area contributed by atoms with Gasteiger partial charge in [0.1, 0.15) is 5.82 Å². The van der Waals surface area contributed by atoms with Crippen LogP contribution in [0.2, 0.25) is 0 Å². The van der Waals surface area contributed by atoms with Crippen LogP contribution >= 0.6 is 0 Å². The SMILES string of the molecule is C#CCN(Cc1ccc(C)cc1)C(=O)CCc1c(C)nc(-c2ccncc2)[nH]c1=O. The molecule has 0 fully saturated rings. The summed E-state index contributed by atoms with van der Waals surface area (Å²) in [6, 6.07) is 11.6. The highest BCUT2D eigenvalue weighted by molar-refractivity contribution is 5.76. The van der Waals surface area contributed by atoms with Gasteiger partial charge in [0.25, 0.3) is 5.56 Å². The van der Waals surface area contributed by atoms with Crippen LogP contribution in [0.3, 0.4) is 0 Å². The summed E-state index contributed by atoms with van der Waals surface area (Å²) in [4.78, 5) is 38.3. The number of nitrogens with zero attached hydrogens (tertiary/aromatic N) is 3. The van der Waals surface area contributed by atoms with Gasteiger partial charge in [0, 0.05) is 42.2 Å². The Morgan fingerprint density at radius 2 is 1.83 bits per heavy atom. The van der Waals surface area contributed by atoms with Crippen molar-refractivity contribution in [3.8, 4) is 23.7 Å². The van der Waals surface area contributed by atoms with E-state index in [1.807, 2.05) is 31.2 Å². The fraction of sp³-hybridized carbons (Fsp3) is 0.250. The van der Waals surface area contributed by atoms with Crippen molar-refractivity contribution in [1.82, 2.24) is 19.9 Å². The minimum absolute atomic E-state index is 0.0921. The topological polar surface area (TPSA) is 79.0 Å². The van der Waals surface area contributed by atoms with Crippen molar-refractivity contribution in [2.45, 2.75) is 33.2 Å². The molecule has 0 spiro atoms. The zero-order valence-corrected chi connectivity index (χ0v) is 17.2. The maximum absolute atomic E-state index is 12.8. The van der Waals surface area contributed by atoms with Gasteiger partial charge < -0.3 is 9.88 Å². The van der Waals surface area contributed by atoms with Crippen LogP contribution in [0.25, 0.3) is 11.4 Å². The second kappa shape index (κ2) is 9.66. The third kappa shape index (κ3) is 5.21. The second-order valence-electron chi connectivity index (χ2n) is 7.15. The number of H-pyrrole nitrogens is 1. The van der Waals surface area contributed by atoms with E-state index in [-0.39, 0.29) is 24.4 Å².